The van der Waals surface area contributed by atoms with E-state index in [9.17, 15) is 9.59 Å². The summed E-state index contributed by atoms with van der Waals surface area (Å²) in [4.78, 5) is 24.7. The van der Waals surface area contributed by atoms with Crippen molar-refractivity contribution in [1.82, 2.24) is 5.32 Å². The van der Waals surface area contributed by atoms with Crippen LogP contribution in [0.1, 0.15) is 47.3 Å². The van der Waals surface area contributed by atoms with Crippen molar-refractivity contribution in [3.8, 4) is 0 Å². The molecule has 1 heterocycles. The van der Waals surface area contributed by atoms with Gasteiger partial charge >= 0.3 is 0 Å². The third-order valence-electron chi connectivity index (χ3n) is 4.70. The Kier molecular flexibility index (Phi) is 4.91. The molecule has 0 spiro atoms. The topological polar surface area (TPSA) is 46.2 Å². The predicted molar refractivity (Wildman–Crippen MR) is 92.9 cm³/mol. The maximum Gasteiger partial charge on any atom is 0.220 e. The highest BCUT2D eigenvalue weighted by Gasteiger charge is 2.38. The third-order valence-corrected chi connectivity index (χ3v) is 5.61. The second-order valence-corrected chi connectivity index (χ2v) is 7.12. The van der Waals surface area contributed by atoms with Crippen LogP contribution in [-0.4, -0.2) is 18.2 Å². The fraction of sp³-hybridized carbons (Fsp3) is 0.368. The van der Waals surface area contributed by atoms with Crippen molar-refractivity contribution in [2.24, 2.45) is 0 Å². The van der Waals surface area contributed by atoms with Gasteiger partial charge in [-0.1, -0.05) is 42.8 Å². The monoisotopic (exact) mass is 327 g/mol. The Morgan fingerprint density at radius 2 is 1.83 bits per heavy atom. The van der Waals surface area contributed by atoms with E-state index in [1.165, 1.54) is 23.3 Å². The maximum atomic E-state index is 12.1. The number of rotatable bonds is 7. The van der Waals surface area contributed by atoms with Crippen molar-refractivity contribution in [2.45, 2.75) is 37.5 Å². The summed E-state index contributed by atoms with van der Waals surface area (Å²) in [6, 6.07) is 14.1. The molecule has 0 aliphatic heterocycles. The van der Waals surface area contributed by atoms with Crippen LogP contribution in [0.3, 0.4) is 0 Å². The summed E-state index contributed by atoms with van der Waals surface area (Å²) in [5.74, 6) is 0.0219. The molecule has 0 bridgehead atoms. The molecule has 0 unspecified atom stereocenters. The molecule has 1 amide bonds. The lowest BCUT2D eigenvalue weighted by Gasteiger charge is -2.42. The molecule has 1 aromatic heterocycles. The lowest BCUT2D eigenvalue weighted by molar-refractivity contribution is -0.121. The second-order valence-electron chi connectivity index (χ2n) is 6.18. The second kappa shape index (κ2) is 7.09. The van der Waals surface area contributed by atoms with Gasteiger partial charge in [0.15, 0.2) is 5.78 Å². The molecule has 0 radical (unpaired) electrons. The van der Waals surface area contributed by atoms with Crippen molar-refractivity contribution in [3.63, 3.8) is 0 Å². The molecular formula is C19H21NO2S. The zero-order valence-electron chi connectivity index (χ0n) is 13.1. The molecular weight excluding hydrogens is 306 g/mol. The van der Waals surface area contributed by atoms with Gasteiger partial charge in [0, 0.05) is 24.8 Å². The van der Waals surface area contributed by atoms with Crippen molar-refractivity contribution < 1.29 is 9.59 Å². The Hall–Kier alpha value is -1.94. The lowest BCUT2D eigenvalue weighted by atomic mass is 9.64. The number of carbonyl (C=O) groups is 2. The first-order valence-electron chi connectivity index (χ1n) is 8.09. The Morgan fingerprint density at radius 1 is 1.04 bits per heavy atom. The van der Waals surface area contributed by atoms with Crippen molar-refractivity contribution in [2.75, 3.05) is 6.54 Å². The summed E-state index contributed by atoms with van der Waals surface area (Å²) in [6.45, 7) is 0.670. The first kappa shape index (κ1) is 15.9. The maximum absolute atomic E-state index is 12.1. The summed E-state index contributed by atoms with van der Waals surface area (Å²) in [7, 11) is 0. The normalized spacial score (nSPS) is 15.7. The smallest absolute Gasteiger partial charge is 0.220 e. The molecule has 4 heteroatoms. The van der Waals surface area contributed by atoms with Crippen LogP contribution in [0.2, 0.25) is 0 Å². The largest absolute Gasteiger partial charge is 0.355 e. The number of ketones is 1. The molecule has 1 aromatic carbocycles. The first-order chi connectivity index (χ1) is 11.2. The van der Waals surface area contributed by atoms with Crippen LogP contribution in [0.25, 0.3) is 0 Å². The van der Waals surface area contributed by atoms with Gasteiger partial charge < -0.3 is 5.32 Å². The molecule has 1 aliphatic rings. The van der Waals surface area contributed by atoms with Crippen LogP contribution in [0.15, 0.2) is 47.8 Å². The Labute approximate surface area is 140 Å². The van der Waals surface area contributed by atoms with Crippen LogP contribution in [0, 0.1) is 0 Å². The van der Waals surface area contributed by atoms with E-state index in [0.29, 0.717) is 6.54 Å². The third kappa shape index (κ3) is 3.70. The highest BCUT2D eigenvalue weighted by molar-refractivity contribution is 7.12. The molecule has 120 valence electrons. The number of carbonyl (C=O) groups excluding carboxylic acids is 2. The summed E-state index contributed by atoms with van der Waals surface area (Å²) in [5.41, 5.74) is 1.40. The van der Waals surface area contributed by atoms with Gasteiger partial charge in [0.25, 0.3) is 0 Å². The van der Waals surface area contributed by atoms with E-state index in [0.717, 1.165) is 17.7 Å². The van der Waals surface area contributed by atoms with Crippen LogP contribution < -0.4 is 5.32 Å². The molecule has 1 saturated carbocycles. The minimum Gasteiger partial charge on any atom is -0.355 e. The summed E-state index contributed by atoms with van der Waals surface area (Å²) in [6.07, 6.45) is 3.99. The van der Waals surface area contributed by atoms with Gasteiger partial charge in [0.2, 0.25) is 5.91 Å². The Morgan fingerprint density at radius 3 is 2.43 bits per heavy atom. The van der Waals surface area contributed by atoms with E-state index in [1.807, 2.05) is 23.6 Å². The highest BCUT2D eigenvalue weighted by atomic mass is 32.1. The zero-order chi connectivity index (χ0) is 16.1. The molecule has 2 aromatic rings. The van der Waals surface area contributed by atoms with Gasteiger partial charge in [-0.2, -0.15) is 0 Å². The number of nitrogens with one attached hydrogen (secondary N) is 1. The van der Waals surface area contributed by atoms with Crippen molar-refractivity contribution in [1.29, 1.82) is 0 Å². The molecule has 3 rings (SSSR count). The highest BCUT2D eigenvalue weighted by Crippen LogP contribution is 2.43. The number of thiophene rings is 1. The summed E-state index contributed by atoms with van der Waals surface area (Å²) in [5, 5.41) is 4.92. The van der Waals surface area contributed by atoms with Crippen LogP contribution in [0.5, 0.6) is 0 Å². The Balaban J connectivity index is 1.49. The van der Waals surface area contributed by atoms with Gasteiger partial charge in [0.05, 0.1) is 4.88 Å². The quantitative estimate of drug-likeness (QED) is 0.783. The molecule has 23 heavy (non-hydrogen) atoms. The predicted octanol–water partition coefficient (Wildman–Crippen LogP) is 3.95. The van der Waals surface area contributed by atoms with Crippen molar-refractivity contribution >= 4 is 23.0 Å². The van der Waals surface area contributed by atoms with E-state index in [-0.39, 0.29) is 29.9 Å². The minimum atomic E-state index is -0.0305. The van der Waals surface area contributed by atoms with E-state index < -0.39 is 0 Å². The molecule has 1 N–H and O–H groups in total. The lowest BCUT2D eigenvalue weighted by Crippen LogP contribution is -2.45. The minimum absolute atomic E-state index is 0.0305. The van der Waals surface area contributed by atoms with Gasteiger partial charge in [-0.25, -0.2) is 0 Å². The number of hydrogen-bond acceptors (Lipinski definition) is 3. The average molecular weight is 327 g/mol. The van der Waals surface area contributed by atoms with Crippen LogP contribution in [-0.2, 0) is 10.2 Å². The molecule has 1 fully saturated rings. The van der Waals surface area contributed by atoms with Crippen molar-refractivity contribution in [3.05, 3.63) is 58.3 Å². The molecule has 0 saturated heterocycles. The fourth-order valence-electron chi connectivity index (χ4n) is 3.11. The van der Waals surface area contributed by atoms with E-state index >= 15 is 0 Å². The Bertz CT molecular complexity index is 660. The fourth-order valence-corrected chi connectivity index (χ4v) is 3.80. The number of amides is 1. The van der Waals surface area contributed by atoms with E-state index in [2.05, 4.69) is 29.6 Å². The zero-order valence-corrected chi connectivity index (χ0v) is 13.9. The first-order valence-corrected chi connectivity index (χ1v) is 8.97. The average Bonchev–Trinajstić information content (AvgIpc) is 3.07. The number of benzene rings is 1. The van der Waals surface area contributed by atoms with E-state index in [1.54, 1.807) is 0 Å². The standard InChI is InChI=1S/C19H21NO2S/c21-16(17-8-4-13-23-17)9-10-18(22)20-14-19(11-5-12-19)15-6-2-1-3-7-15/h1-4,6-8,13H,5,9-12,14H2,(H,20,22). The van der Waals surface area contributed by atoms with Gasteiger partial charge in [-0.15, -0.1) is 11.3 Å². The van der Waals surface area contributed by atoms with Gasteiger partial charge in [-0.05, 0) is 29.9 Å². The molecule has 1 aliphatic carbocycles. The van der Waals surface area contributed by atoms with E-state index in [4.69, 9.17) is 0 Å². The summed E-state index contributed by atoms with van der Waals surface area (Å²) >= 11 is 1.43. The number of Topliss-reactive ketones (excluding diaryl/α,β-unsaturated/α-hetero) is 1. The van der Waals surface area contributed by atoms with Crippen LogP contribution in [0.4, 0.5) is 0 Å². The summed E-state index contributed by atoms with van der Waals surface area (Å²) < 4.78 is 0. The molecule has 0 atom stereocenters. The molecule has 3 nitrogen and oxygen atoms in total. The number of hydrogen-bond donors (Lipinski definition) is 1. The van der Waals surface area contributed by atoms with Gasteiger partial charge in [-0.3, -0.25) is 9.59 Å². The van der Waals surface area contributed by atoms with Crippen LogP contribution >= 0.6 is 11.3 Å². The SMILES string of the molecule is O=C(CCC(=O)c1cccs1)NCC1(c2ccccc2)CCC1. The van der Waals surface area contributed by atoms with Gasteiger partial charge in [0.1, 0.15) is 0 Å².